The third kappa shape index (κ3) is 4.60. The van der Waals surface area contributed by atoms with E-state index in [0.717, 1.165) is 17.7 Å². The molecule has 0 aliphatic rings. The molecule has 0 unspecified atom stereocenters. The molecule has 1 amide bonds. The first-order valence-electron chi connectivity index (χ1n) is 8.23. The average Bonchev–Trinajstić information content (AvgIpc) is 2.69. The number of carbonyl (C=O) groups is 1. The van der Waals surface area contributed by atoms with Crippen LogP contribution in [0.1, 0.15) is 16.1 Å². The van der Waals surface area contributed by atoms with Crippen LogP contribution in [0, 0.1) is 11.6 Å². The number of para-hydroxylation sites is 1. The van der Waals surface area contributed by atoms with Gasteiger partial charge in [-0.1, -0.05) is 6.07 Å². The zero-order chi connectivity index (χ0) is 19.2. The van der Waals surface area contributed by atoms with E-state index < -0.39 is 11.6 Å². The Morgan fingerprint density at radius 2 is 1.78 bits per heavy atom. The number of pyridine rings is 1. The Kier molecular flexibility index (Phi) is 5.65. The van der Waals surface area contributed by atoms with Crippen LogP contribution in [-0.4, -0.2) is 39.4 Å². The summed E-state index contributed by atoms with van der Waals surface area (Å²) in [4.78, 5) is 26.0. The summed E-state index contributed by atoms with van der Waals surface area (Å²) >= 11 is 0. The Morgan fingerprint density at radius 1 is 1.07 bits per heavy atom. The summed E-state index contributed by atoms with van der Waals surface area (Å²) in [5.74, 6) is -1.93. The van der Waals surface area contributed by atoms with Gasteiger partial charge in [0.2, 0.25) is 5.95 Å². The number of amides is 1. The Hall–Kier alpha value is -3.42. The van der Waals surface area contributed by atoms with Crippen molar-refractivity contribution in [2.45, 2.75) is 6.42 Å². The lowest BCUT2D eigenvalue weighted by atomic mass is 10.2. The van der Waals surface area contributed by atoms with Gasteiger partial charge in [0.15, 0.2) is 0 Å². The lowest BCUT2D eigenvalue weighted by Crippen LogP contribution is -2.29. The van der Waals surface area contributed by atoms with Crippen molar-refractivity contribution in [3.8, 4) is 0 Å². The Balaban J connectivity index is 1.69. The molecule has 0 saturated heterocycles. The summed E-state index contributed by atoms with van der Waals surface area (Å²) in [5.41, 5.74) is 0.819. The van der Waals surface area contributed by atoms with E-state index in [0.29, 0.717) is 13.0 Å². The Bertz CT molecular complexity index is 916. The van der Waals surface area contributed by atoms with E-state index >= 15 is 0 Å². The molecule has 2 heterocycles. The van der Waals surface area contributed by atoms with Crippen molar-refractivity contribution in [3.63, 3.8) is 0 Å². The van der Waals surface area contributed by atoms with Gasteiger partial charge >= 0.3 is 0 Å². The van der Waals surface area contributed by atoms with E-state index in [1.165, 1.54) is 23.2 Å². The number of carbonyl (C=O) groups excluding carboxylic acids is 1. The minimum Gasteiger partial charge on any atom is -0.340 e. The number of hydrogen-bond donors (Lipinski definition) is 1. The summed E-state index contributed by atoms with van der Waals surface area (Å²) in [6, 6.07) is 8.71. The number of halogens is 2. The molecule has 138 valence electrons. The number of hydrogen-bond acceptors (Lipinski definition) is 5. The lowest BCUT2D eigenvalue weighted by Gasteiger charge is -2.17. The Morgan fingerprint density at radius 3 is 2.48 bits per heavy atom. The highest BCUT2D eigenvalue weighted by molar-refractivity contribution is 5.92. The smallest absolute Gasteiger partial charge is 0.272 e. The lowest BCUT2D eigenvalue weighted by molar-refractivity contribution is 0.0791. The molecule has 6 nitrogen and oxygen atoms in total. The van der Waals surface area contributed by atoms with Crippen LogP contribution in [0.5, 0.6) is 0 Å². The topological polar surface area (TPSA) is 71.0 Å². The van der Waals surface area contributed by atoms with Crippen molar-refractivity contribution in [2.24, 2.45) is 0 Å². The van der Waals surface area contributed by atoms with Crippen molar-refractivity contribution in [2.75, 3.05) is 18.9 Å². The van der Waals surface area contributed by atoms with Gasteiger partial charge in [-0.15, -0.1) is 0 Å². The standard InChI is InChI=1S/C19H17F2N5O/c1-26(12-8-13-5-9-22-10-6-13)18(27)16-7-11-23-19(24-16)25-17-14(20)3-2-4-15(17)21/h2-7,9-11H,8,12H2,1H3,(H,23,24,25). The molecule has 1 N–H and O–H groups in total. The highest BCUT2D eigenvalue weighted by Gasteiger charge is 2.15. The van der Waals surface area contributed by atoms with Crippen LogP contribution in [0.2, 0.25) is 0 Å². The summed E-state index contributed by atoms with van der Waals surface area (Å²) in [6.07, 6.45) is 5.42. The average molecular weight is 369 g/mol. The Labute approximate surface area is 154 Å². The van der Waals surface area contributed by atoms with Crippen LogP contribution in [0.3, 0.4) is 0 Å². The number of nitrogens with zero attached hydrogens (tertiary/aromatic N) is 4. The number of nitrogens with one attached hydrogen (secondary N) is 1. The summed E-state index contributed by atoms with van der Waals surface area (Å²) in [6.45, 7) is 0.484. The minimum atomic E-state index is -0.773. The maximum absolute atomic E-state index is 13.7. The summed E-state index contributed by atoms with van der Waals surface area (Å²) < 4.78 is 27.5. The monoisotopic (exact) mass is 369 g/mol. The molecule has 3 rings (SSSR count). The van der Waals surface area contributed by atoms with Crippen molar-refractivity contribution >= 4 is 17.5 Å². The molecule has 0 spiro atoms. The van der Waals surface area contributed by atoms with E-state index in [2.05, 4.69) is 20.3 Å². The van der Waals surface area contributed by atoms with Crippen LogP contribution >= 0.6 is 0 Å². The molecule has 27 heavy (non-hydrogen) atoms. The largest absolute Gasteiger partial charge is 0.340 e. The van der Waals surface area contributed by atoms with Gasteiger partial charge in [-0.3, -0.25) is 9.78 Å². The van der Waals surface area contributed by atoms with Gasteiger partial charge in [-0.05, 0) is 42.3 Å². The van der Waals surface area contributed by atoms with Gasteiger partial charge < -0.3 is 10.2 Å². The van der Waals surface area contributed by atoms with E-state index in [-0.39, 0.29) is 23.2 Å². The van der Waals surface area contributed by atoms with Crippen molar-refractivity contribution < 1.29 is 13.6 Å². The molecule has 0 radical (unpaired) electrons. The fraction of sp³-hybridized carbons (Fsp3) is 0.158. The van der Waals surface area contributed by atoms with Crippen molar-refractivity contribution in [1.82, 2.24) is 19.9 Å². The predicted molar refractivity (Wildman–Crippen MR) is 96.6 cm³/mol. The van der Waals surface area contributed by atoms with Gasteiger partial charge in [0.1, 0.15) is 23.0 Å². The maximum Gasteiger partial charge on any atom is 0.272 e. The third-order valence-corrected chi connectivity index (χ3v) is 3.91. The van der Waals surface area contributed by atoms with Crippen molar-refractivity contribution in [3.05, 3.63) is 77.9 Å². The first-order valence-corrected chi connectivity index (χ1v) is 8.23. The quantitative estimate of drug-likeness (QED) is 0.722. The molecule has 0 atom stereocenters. The number of rotatable bonds is 6. The number of aromatic nitrogens is 3. The normalized spacial score (nSPS) is 10.5. The predicted octanol–water partition coefficient (Wildman–Crippen LogP) is 3.21. The molecule has 0 bridgehead atoms. The second kappa shape index (κ2) is 8.31. The summed E-state index contributed by atoms with van der Waals surface area (Å²) in [7, 11) is 1.66. The fourth-order valence-corrected chi connectivity index (χ4v) is 2.41. The molecular weight excluding hydrogens is 352 g/mol. The SMILES string of the molecule is CN(CCc1ccncc1)C(=O)c1ccnc(Nc2c(F)cccc2F)n1. The molecule has 8 heteroatoms. The van der Waals surface area contributed by atoms with Crippen LogP contribution in [0.4, 0.5) is 20.4 Å². The molecule has 0 saturated carbocycles. The maximum atomic E-state index is 13.7. The van der Waals surface area contributed by atoms with Gasteiger partial charge in [-0.2, -0.15) is 0 Å². The highest BCUT2D eigenvalue weighted by Crippen LogP contribution is 2.21. The molecule has 0 aliphatic heterocycles. The third-order valence-electron chi connectivity index (χ3n) is 3.91. The van der Waals surface area contributed by atoms with Crippen molar-refractivity contribution in [1.29, 1.82) is 0 Å². The number of benzene rings is 1. The van der Waals surface area contributed by atoms with Gasteiger partial charge in [0.05, 0.1) is 0 Å². The van der Waals surface area contributed by atoms with Gasteiger partial charge in [-0.25, -0.2) is 18.7 Å². The first-order chi connectivity index (χ1) is 13.0. The molecule has 0 fully saturated rings. The van der Waals surface area contributed by atoms with E-state index in [1.807, 2.05) is 12.1 Å². The number of likely N-dealkylation sites (N-methyl/N-ethyl adjacent to an activating group) is 1. The molecule has 3 aromatic rings. The van der Waals surface area contributed by atoms with E-state index in [1.54, 1.807) is 19.4 Å². The van der Waals surface area contributed by atoms with Crippen LogP contribution in [0.25, 0.3) is 0 Å². The minimum absolute atomic E-state index is 0.0626. The zero-order valence-electron chi connectivity index (χ0n) is 14.6. The first kappa shape index (κ1) is 18.4. The van der Waals surface area contributed by atoms with Gasteiger partial charge in [0.25, 0.3) is 5.91 Å². The van der Waals surface area contributed by atoms with E-state index in [9.17, 15) is 13.6 Å². The van der Waals surface area contributed by atoms with Gasteiger partial charge in [0, 0.05) is 32.2 Å². The molecular formula is C19H17F2N5O. The van der Waals surface area contributed by atoms with Crippen LogP contribution in [-0.2, 0) is 6.42 Å². The molecule has 0 aliphatic carbocycles. The zero-order valence-corrected chi connectivity index (χ0v) is 14.6. The van der Waals surface area contributed by atoms with Crippen LogP contribution < -0.4 is 5.32 Å². The van der Waals surface area contributed by atoms with Crippen LogP contribution in [0.15, 0.2) is 55.0 Å². The second-order valence-electron chi connectivity index (χ2n) is 5.82. The second-order valence-corrected chi connectivity index (χ2v) is 5.82. The van der Waals surface area contributed by atoms with E-state index in [4.69, 9.17) is 0 Å². The fourth-order valence-electron chi connectivity index (χ4n) is 2.41. The number of anilines is 2. The summed E-state index contributed by atoms with van der Waals surface area (Å²) in [5, 5.41) is 2.48. The highest BCUT2D eigenvalue weighted by atomic mass is 19.1. The molecule has 1 aromatic carbocycles. The molecule has 2 aromatic heterocycles.